The van der Waals surface area contributed by atoms with E-state index in [-0.39, 0.29) is 11.8 Å². The van der Waals surface area contributed by atoms with Crippen molar-refractivity contribution in [2.45, 2.75) is 27.7 Å². The first kappa shape index (κ1) is 23.2. The molecule has 0 bridgehead atoms. The lowest BCUT2D eigenvalue weighted by atomic mass is 9.99. The molecular weight excluding hydrogens is 398 g/mol. The van der Waals surface area contributed by atoms with Gasteiger partial charge < -0.3 is 9.80 Å². The van der Waals surface area contributed by atoms with Gasteiger partial charge in [0.1, 0.15) is 0 Å². The van der Waals surface area contributed by atoms with E-state index in [1.807, 2.05) is 86.0 Å². The van der Waals surface area contributed by atoms with Crippen molar-refractivity contribution in [1.29, 1.82) is 0 Å². The highest BCUT2D eigenvalue weighted by Crippen LogP contribution is 2.27. The first-order valence-corrected chi connectivity index (χ1v) is 11.3. The molecular formula is C27H31N3O2. The van der Waals surface area contributed by atoms with E-state index < -0.39 is 0 Å². The Morgan fingerprint density at radius 1 is 0.625 bits per heavy atom. The molecule has 2 aromatic carbocycles. The van der Waals surface area contributed by atoms with Gasteiger partial charge in [0.2, 0.25) is 0 Å². The molecule has 5 heteroatoms. The van der Waals surface area contributed by atoms with Crippen LogP contribution in [-0.4, -0.2) is 52.8 Å². The normalized spacial score (nSPS) is 10.6. The second kappa shape index (κ2) is 10.7. The fraction of sp³-hybridized carbons (Fsp3) is 0.296. The van der Waals surface area contributed by atoms with Crippen molar-refractivity contribution in [2.24, 2.45) is 0 Å². The molecule has 0 spiro atoms. The van der Waals surface area contributed by atoms with E-state index in [4.69, 9.17) is 0 Å². The number of rotatable bonds is 8. The third-order valence-corrected chi connectivity index (χ3v) is 5.73. The number of aromatic nitrogens is 1. The van der Waals surface area contributed by atoms with E-state index >= 15 is 0 Å². The summed E-state index contributed by atoms with van der Waals surface area (Å²) in [4.78, 5) is 33.6. The number of carbonyl (C=O) groups is 2. The Hall–Kier alpha value is -3.47. The fourth-order valence-corrected chi connectivity index (χ4v) is 3.81. The van der Waals surface area contributed by atoms with Crippen LogP contribution in [0.1, 0.15) is 48.4 Å². The summed E-state index contributed by atoms with van der Waals surface area (Å²) in [6, 6.07) is 17.4. The highest BCUT2D eigenvalue weighted by atomic mass is 16.2. The summed E-state index contributed by atoms with van der Waals surface area (Å²) in [5.74, 6) is 0.0622. The number of hydrogen-bond acceptors (Lipinski definition) is 3. The summed E-state index contributed by atoms with van der Waals surface area (Å²) in [7, 11) is 0. The van der Waals surface area contributed by atoms with Gasteiger partial charge in [-0.3, -0.25) is 14.6 Å². The number of hydrogen-bond donors (Lipinski definition) is 0. The van der Waals surface area contributed by atoms with Crippen molar-refractivity contribution in [1.82, 2.24) is 14.8 Å². The van der Waals surface area contributed by atoms with Crippen molar-refractivity contribution in [2.75, 3.05) is 26.2 Å². The second-order valence-electron chi connectivity index (χ2n) is 7.58. The summed E-state index contributed by atoms with van der Waals surface area (Å²) in [5.41, 5.74) is 5.07. The summed E-state index contributed by atoms with van der Waals surface area (Å²) in [6.07, 6.45) is 3.60. The number of pyridine rings is 1. The van der Waals surface area contributed by atoms with Crippen molar-refractivity contribution in [3.8, 4) is 22.3 Å². The maximum Gasteiger partial charge on any atom is 0.253 e. The van der Waals surface area contributed by atoms with Crippen LogP contribution in [0.4, 0.5) is 0 Å². The Bertz CT molecular complexity index is 1000. The minimum Gasteiger partial charge on any atom is -0.339 e. The van der Waals surface area contributed by atoms with Crippen LogP contribution in [0.5, 0.6) is 0 Å². The molecule has 1 aromatic heterocycles. The molecule has 3 rings (SSSR count). The largest absolute Gasteiger partial charge is 0.339 e. The quantitative estimate of drug-likeness (QED) is 0.483. The van der Waals surface area contributed by atoms with Gasteiger partial charge in [-0.2, -0.15) is 0 Å². The van der Waals surface area contributed by atoms with Gasteiger partial charge in [-0.1, -0.05) is 24.3 Å². The number of nitrogens with zero attached hydrogens (tertiary/aromatic N) is 3. The molecule has 0 unspecified atom stereocenters. The number of benzene rings is 2. The van der Waals surface area contributed by atoms with Gasteiger partial charge in [0, 0.05) is 60.8 Å². The monoisotopic (exact) mass is 429 g/mol. The van der Waals surface area contributed by atoms with Crippen LogP contribution in [0, 0.1) is 0 Å². The Morgan fingerprint density at radius 3 is 1.41 bits per heavy atom. The zero-order valence-electron chi connectivity index (χ0n) is 19.3. The smallest absolute Gasteiger partial charge is 0.253 e. The van der Waals surface area contributed by atoms with Crippen LogP contribution < -0.4 is 0 Å². The summed E-state index contributed by atoms with van der Waals surface area (Å²) in [6.45, 7) is 10.7. The van der Waals surface area contributed by atoms with E-state index in [9.17, 15) is 9.59 Å². The number of carbonyl (C=O) groups excluding carboxylic acids is 2. The predicted molar refractivity (Wildman–Crippen MR) is 130 cm³/mol. The lowest BCUT2D eigenvalue weighted by Crippen LogP contribution is -2.30. The molecule has 0 fully saturated rings. The van der Waals surface area contributed by atoms with E-state index in [1.165, 1.54) is 0 Å². The second-order valence-corrected chi connectivity index (χ2v) is 7.58. The maximum atomic E-state index is 12.8. The van der Waals surface area contributed by atoms with Gasteiger partial charge in [0.25, 0.3) is 11.8 Å². The average Bonchev–Trinajstić information content (AvgIpc) is 2.85. The zero-order chi connectivity index (χ0) is 23.1. The molecule has 0 atom stereocenters. The van der Waals surface area contributed by atoms with Crippen molar-refractivity contribution in [3.63, 3.8) is 0 Å². The van der Waals surface area contributed by atoms with Gasteiger partial charge >= 0.3 is 0 Å². The van der Waals surface area contributed by atoms with Crippen LogP contribution >= 0.6 is 0 Å². The van der Waals surface area contributed by atoms with E-state index in [1.54, 1.807) is 12.4 Å². The molecule has 0 aliphatic carbocycles. The SMILES string of the molecule is CCN(CC)C(=O)c1cccc(-c2cncc(-c3cccc(C(=O)N(CC)CC)c3)c2)c1. The van der Waals surface area contributed by atoms with E-state index in [2.05, 4.69) is 11.1 Å². The Labute approximate surface area is 190 Å². The van der Waals surface area contributed by atoms with Crippen LogP contribution in [-0.2, 0) is 0 Å². The third-order valence-electron chi connectivity index (χ3n) is 5.73. The molecule has 0 radical (unpaired) electrons. The molecule has 0 saturated carbocycles. The van der Waals surface area contributed by atoms with Gasteiger partial charge in [-0.25, -0.2) is 0 Å². The summed E-state index contributed by atoms with van der Waals surface area (Å²) in [5, 5.41) is 0. The lowest BCUT2D eigenvalue weighted by molar-refractivity contribution is 0.0765. The van der Waals surface area contributed by atoms with Gasteiger partial charge in [-0.15, -0.1) is 0 Å². The molecule has 0 aliphatic heterocycles. The van der Waals surface area contributed by atoms with E-state index in [0.29, 0.717) is 37.3 Å². The first-order valence-electron chi connectivity index (χ1n) is 11.3. The Morgan fingerprint density at radius 2 is 1.03 bits per heavy atom. The van der Waals surface area contributed by atoms with E-state index in [0.717, 1.165) is 22.3 Å². The molecule has 0 saturated heterocycles. The average molecular weight is 430 g/mol. The highest BCUT2D eigenvalue weighted by Gasteiger charge is 2.15. The number of amides is 2. The maximum absolute atomic E-state index is 12.8. The first-order chi connectivity index (χ1) is 15.5. The molecule has 32 heavy (non-hydrogen) atoms. The minimum absolute atomic E-state index is 0.0311. The summed E-state index contributed by atoms with van der Waals surface area (Å²) < 4.78 is 0. The van der Waals surface area contributed by atoms with Gasteiger partial charge in [0.15, 0.2) is 0 Å². The Kier molecular flexibility index (Phi) is 7.77. The molecule has 1 heterocycles. The van der Waals surface area contributed by atoms with Crippen LogP contribution in [0.2, 0.25) is 0 Å². The highest BCUT2D eigenvalue weighted by molar-refractivity contribution is 5.96. The zero-order valence-corrected chi connectivity index (χ0v) is 19.3. The molecule has 5 nitrogen and oxygen atoms in total. The third kappa shape index (κ3) is 5.05. The van der Waals surface area contributed by atoms with Crippen molar-refractivity contribution in [3.05, 3.63) is 78.1 Å². The van der Waals surface area contributed by atoms with Crippen molar-refractivity contribution >= 4 is 11.8 Å². The van der Waals surface area contributed by atoms with Gasteiger partial charge in [0.05, 0.1) is 0 Å². The van der Waals surface area contributed by atoms with Gasteiger partial charge in [-0.05, 0) is 69.2 Å². The fourth-order valence-electron chi connectivity index (χ4n) is 3.81. The molecule has 2 amide bonds. The molecule has 0 N–H and O–H groups in total. The summed E-state index contributed by atoms with van der Waals surface area (Å²) >= 11 is 0. The molecule has 166 valence electrons. The minimum atomic E-state index is 0.0311. The van der Waals surface area contributed by atoms with Crippen LogP contribution in [0.25, 0.3) is 22.3 Å². The van der Waals surface area contributed by atoms with Crippen LogP contribution in [0.3, 0.4) is 0 Å². The Balaban J connectivity index is 1.93. The predicted octanol–water partition coefficient (Wildman–Crippen LogP) is 5.38. The topological polar surface area (TPSA) is 53.5 Å². The van der Waals surface area contributed by atoms with Crippen molar-refractivity contribution < 1.29 is 9.59 Å². The standard InChI is InChI=1S/C27H31N3O2/c1-5-29(6-2)26(31)22-13-9-11-20(15-22)24-17-25(19-28-18-24)21-12-10-14-23(16-21)27(32)30(7-3)8-4/h9-19H,5-8H2,1-4H3. The van der Waals surface area contributed by atoms with Crippen LogP contribution in [0.15, 0.2) is 67.0 Å². The molecule has 3 aromatic rings. The lowest BCUT2D eigenvalue weighted by Gasteiger charge is -2.19. The molecule has 0 aliphatic rings.